The molecule has 44 heavy (non-hydrogen) atoms. The molecule has 5 rings (SSSR count). The predicted octanol–water partition coefficient (Wildman–Crippen LogP) is 3.91. The van der Waals surface area contributed by atoms with Crippen molar-refractivity contribution in [3.63, 3.8) is 0 Å². The van der Waals surface area contributed by atoms with Gasteiger partial charge in [0.2, 0.25) is 5.78 Å². The van der Waals surface area contributed by atoms with Crippen molar-refractivity contribution in [2.24, 2.45) is 17.6 Å². The first-order chi connectivity index (χ1) is 20.6. The molecule has 0 spiro atoms. The number of benzene rings is 2. The molecular formula is C32H33F3N2O7. The molecule has 0 saturated heterocycles. The van der Waals surface area contributed by atoms with Gasteiger partial charge in [-0.15, -0.1) is 0 Å². The van der Waals surface area contributed by atoms with Crippen molar-refractivity contribution in [2.45, 2.75) is 56.3 Å². The Bertz CT molecular complexity index is 1610. The number of carbonyl (C=O) groups is 3. The lowest BCUT2D eigenvalue weighted by Crippen LogP contribution is -2.65. The number of hydrogen-bond acceptors (Lipinski definition) is 8. The third kappa shape index (κ3) is 5.05. The minimum atomic E-state index is -4.19. The van der Waals surface area contributed by atoms with Crippen LogP contribution in [-0.2, 0) is 27.2 Å². The Balaban J connectivity index is 1.54. The van der Waals surface area contributed by atoms with Gasteiger partial charge in [-0.3, -0.25) is 19.3 Å². The van der Waals surface area contributed by atoms with Gasteiger partial charge < -0.3 is 26.2 Å². The number of alkyl halides is 3. The largest absolute Gasteiger partial charge is 0.508 e. The number of fused-ring (bicyclic) bond motifs is 3. The third-order valence-corrected chi connectivity index (χ3v) is 9.04. The lowest BCUT2D eigenvalue weighted by Gasteiger charge is -2.50. The molecule has 2 aromatic rings. The van der Waals surface area contributed by atoms with Gasteiger partial charge in [-0.05, 0) is 80.4 Å². The number of phenolic OH excluding ortho intramolecular Hbond substituents is 1. The Labute approximate surface area is 251 Å². The quantitative estimate of drug-likeness (QED) is 0.232. The molecule has 2 aromatic carbocycles. The predicted molar refractivity (Wildman–Crippen MR) is 153 cm³/mol. The summed E-state index contributed by atoms with van der Waals surface area (Å²) in [4.78, 5) is 40.8. The van der Waals surface area contributed by atoms with Gasteiger partial charge in [-0.25, -0.2) is 0 Å². The number of aromatic hydroxyl groups is 1. The van der Waals surface area contributed by atoms with Crippen molar-refractivity contribution in [1.29, 1.82) is 0 Å². The summed E-state index contributed by atoms with van der Waals surface area (Å²) in [6.45, 7) is 0. The number of unbranched alkanes of at least 4 members (excludes halogenated alkanes) is 1. The highest BCUT2D eigenvalue weighted by Gasteiger charge is 2.64. The Kier molecular flexibility index (Phi) is 7.88. The number of phenols is 1. The molecule has 0 radical (unpaired) electrons. The number of aliphatic hydroxyl groups excluding tert-OH is 2. The van der Waals surface area contributed by atoms with Crippen LogP contribution in [0, 0.1) is 11.8 Å². The van der Waals surface area contributed by atoms with E-state index in [1.165, 1.54) is 25.1 Å². The maximum Gasteiger partial charge on any atom is 0.389 e. The second-order valence-corrected chi connectivity index (χ2v) is 12.0. The van der Waals surface area contributed by atoms with Gasteiger partial charge in [0, 0.05) is 17.9 Å². The second kappa shape index (κ2) is 11.1. The van der Waals surface area contributed by atoms with Gasteiger partial charge in [0.05, 0.1) is 11.6 Å². The highest BCUT2D eigenvalue weighted by molar-refractivity contribution is 6.24. The summed E-state index contributed by atoms with van der Waals surface area (Å²) in [7, 11) is 3.06. The van der Waals surface area contributed by atoms with Crippen LogP contribution in [-0.4, -0.2) is 74.7 Å². The molecule has 0 unspecified atom stereocenters. The number of likely N-dealkylation sites (N-methyl/N-ethyl adjacent to an activating group) is 1. The summed E-state index contributed by atoms with van der Waals surface area (Å²) < 4.78 is 37.4. The summed E-state index contributed by atoms with van der Waals surface area (Å²) in [6, 6.07) is 9.02. The molecule has 9 nitrogen and oxygen atoms in total. The van der Waals surface area contributed by atoms with Crippen LogP contribution in [0.2, 0.25) is 0 Å². The van der Waals surface area contributed by atoms with Crippen molar-refractivity contribution in [2.75, 3.05) is 14.1 Å². The molecule has 4 atom stereocenters. The molecule has 0 bridgehead atoms. The number of amides is 1. The van der Waals surface area contributed by atoms with Gasteiger partial charge in [-0.2, -0.15) is 13.2 Å². The van der Waals surface area contributed by atoms with Crippen LogP contribution in [0.3, 0.4) is 0 Å². The number of primary amides is 1. The van der Waals surface area contributed by atoms with Crippen LogP contribution in [0.15, 0.2) is 53.3 Å². The topological polar surface area (TPSA) is 161 Å². The standard InChI is InChI=1S/C32H33F3N2O7/c1-37(2)25-20-14-17-13-19-18(16-8-6-15(7-9-16)5-3-4-12-31(33,34)35)10-11-21(38)23(19)26(39)22(17)28(41)32(20,44)29(42)24(27(25)40)30(36)43/h6-11,17,20,25,38-39,42,44H,3-5,12-14H2,1-2H3,(H2,36,43)/t17-,20-,25-,32-/m0/s1. The van der Waals surface area contributed by atoms with Crippen LogP contribution in [0.1, 0.15) is 42.4 Å². The number of halogens is 3. The van der Waals surface area contributed by atoms with Crippen molar-refractivity contribution >= 4 is 23.2 Å². The van der Waals surface area contributed by atoms with Crippen molar-refractivity contribution in [3.8, 4) is 16.9 Å². The van der Waals surface area contributed by atoms with E-state index >= 15 is 0 Å². The number of aryl methyl sites for hydroxylation is 1. The third-order valence-electron chi connectivity index (χ3n) is 9.04. The maximum absolute atomic E-state index is 14.0. The number of carbonyl (C=O) groups excluding carboxylic acids is 3. The van der Waals surface area contributed by atoms with E-state index in [-0.39, 0.29) is 36.1 Å². The Morgan fingerprint density at radius 3 is 2.30 bits per heavy atom. The van der Waals surface area contributed by atoms with Crippen LogP contribution < -0.4 is 5.73 Å². The molecule has 0 aromatic heterocycles. The molecule has 12 heteroatoms. The van der Waals surface area contributed by atoms with Gasteiger partial charge in [0.1, 0.15) is 22.8 Å². The number of aliphatic hydroxyl groups is 3. The van der Waals surface area contributed by atoms with E-state index in [0.717, 1.165) is 5.56 Å². The monoisotopic (exact) mass is 614 g/mol. The van der Waals surface area contributed by atoms with Crippen molar-refractivity contribution in [1.82, 2.24) is 4.90 Å². The lowest BCUT2D eigenvalue weighted by molar-refractivity contribution is -0.153. The minimum Gasteiger partial charge on any atom is -0.508 e. The van der Waals surface area contributed by atoms with Crippen LogP contribution in [0.5, 0.6) is 5.75 Å². The number of nitrogens with zero attached hydrogens (tertiary/aromatic N) is 1. The van der Waals surface area contributed by atoms with Gasteiger partial charge in [-0.1, -0.05) is 30.3 Å². The first-order valence-corrected chi connectivity index (χ1v) is 14.2. The van der Waals surface area contributed by atoms with Crippen LogP contribution in [0.4, 0.5) is 13.2 Å². The smallest absolute Gasteiger partial charge is 0.389 e. The summed E-state index contributed by atoms with van der Waals surface area (Å²) in [5.41, 5.74) is 4.23. The molecule has 1 saturated carbocycles. The number of rotatable bonds is 7. The normalized spacial score (nSPS) is 25.2. The molecule has 6 N–H and O–H groups in total. The molecule has 234 valence electrons. The summed E-state index contributed by atoms with van der Waals surface area (Å²) >= 11 is 0. The SMILES string of the molecule is CN(C)[C@@H]1C(=O)C(C(N)=O)=C(O)[C@@]2(O)C(=O)C3=C(O)c4c(O)ccc(-c5ccc(CCCCC(F)(F)F)cc5)c4C[C@H]3C[C@@H]12. The molecule has 3 aliphatic carbocycles. The second-order valence-electron chi connectivity index (χ2n) is 12.0. The first kappa shape index (κ1) is 31.3. The summed E-state index contributed by atoms with van der Waals surface area (Å²) in [6.07, 6.45) is -4.05. The van der Waals surface area contributed by atoms with E-state index in [1.807, 2.05) is 0 Å². The van der Waals surface area contributed by atoms with Crippen LogP contribution >= 0.6 is 0 Å². The molecular weight excluding hydrogens is 581 g/mol. The molecule has 1 amide bonds. The minimum absolute atomic E-state index is 0.0185. The van der Waals surface area contributed by atoms with Crippen molar-refractivity contribution < 1.29 is 48.0 Å². The lowest BCUT2D eigenvalue weighted by atomic mass is 9.57. The van der Waals surface area contributed by atoms with Crippen molar-refractivity contribution in [3.05, 3.63) is 70.0 Å². The fourth-order valence-electron chi connectivity index (χ4n) is 7.02. The average molecular weight is 615 g/mol. The zero-order chi connectivity index (χ0) is 32.3. The van der Waals surface area contributed by atoms with E-state index in [9.17, 15) is 48.0 Å². The Morgan fingerprint density at radius 1 is 1.05 bits per heavy atom. The van der Waals surface area contributed by atoms with E-state index in [0.29, 0.717) is 29.5 Å². The fourth-order valence-corrected chi connectivity index (χ4v) is 7.02. The Hall–Kier alpha value is -4.16. The number of Topliss-reactive ketones (excluding diaryl/α,β-unsaturated/α-hetero) is 2. The van der Waals surface area contributed by atoms with E-state index in [2.05, 4.69) is 0 Å². The zero-order valence-electron chi connectivity index (χ0n) is 24.1. The highest BCUT2D eigenvalue weighted by Crippen LogP contribution is 2.53. The van der Waals surface area contributed by atoms with E-state index in [4.69, 9.17) is 5.73 Å². The van der Waals surface area contributed by atoms with E-state index < -0.39 is 70.6 Å². The molecule has 1 fully saturated rings. The Morgan fingerprint density at radius 2 is 1.70 bits per heavy atom. The number of ketones is 2. The zero-order valence-corrected chi connectivity index (χ0v) is 24.1. The van der Waals surface area contributed by atoms with E-state index in [1.54, 1.807) is 30.3 Å². The molecule has 0 aliphatic heterocycles. The van der Waals surface area contributed by atoms with Gasteiger partial charge >= 0.3 is 6.18 Å². The number of nitrogens with two attached hydrogens (primary N) is 1. The average Bonchev–Trinajstić information content (AvgIpc) is 2.93. The van der Waals surface area contributed by atoms with Crippen LogP contribution in [0.25, 0.3) is 16.9 Å². The van der Waals surface area contributed by atoms with Gasteiger partial charge in [0.15, 0.2) is 11.4 Å². The molecule has 3 aliphatic rings. The molecule has 0 heterocycles. The maximum atomic E-state index is 14.0. The first-order valence-electron chi connectivity index (χ1n) is 14.2. The fraction of sp³-hybridized carbons (Fsp3) is 0.406. The highest BCUT2D eigenvalue weighted by atomic mass is 19.4. The summed E-state index contributed by atoms with van der Waals surface area (Å²) in [5, 5.41) is 44.9. The summed E-state index contributed by atoms with van der Waals surface area (Å²) in [5.74, 6) is -7.16. The number of hydrogen-bond donors (Lipinski definition) is 5. The van der Waals surface area contributed by atoms with Gasteiger partial charge in [0.25, 0.3) is 5.91 Å².